The number of carbonyl (C=O) groups excluding carboxylic acids is 2. The molecule has 168 valence electrons. The zero-order chi connectivity index (χ0) is 22.9. The lowest BCUT2D eigenvalue weighted by atomic mass is 10.1. The van der Waals surface area contributed by atoms with E-state index in [0.717, 1.165) is 35.0 Å². The number of fused-ring (bicyclic) bond motifs is 1. The quantitative estimate of drug-likeness (QED) is 0.351. The van der Waals surface area contributed by atoms with Crippen molar-refractivity contribution in [1.82, 2.24) is 30.4 Å². The lowest BCUT2D eigenvalue weighted by Gasteiger charge is -2.14. The Balaban J connectivity index is 1.47. The lowest BCUT2D eigenvalue weighted by Crippen LogP contribution is -2.43. The number of aromatic amines is 1. The van der Waals surface area contributed by atoms with Crippen molar-refractivity contribution in [3.8, 4) is 17.1 Å². The third kappa shape index (κ3) is 4.60. The Morgan fingerprint density at radius 2 is 1.91 bits per heavy atom. The molecule has 0 bridgehead atoms. The van der Waals surface area contributed by atoms with Gasteiger partial charge in [-0.05, 0) is 50.1 Å². The molecule has 2 aromatic heterocycles. The van der Waals surface area contributed by atoms with E-state index >= 15 is 0 Å². The number of urea groups is 1. The largest absolute Gasteiger partial charge is 0.360 e. The summed E-state index contributed by atoms with van der Waals surface area (Å²) in [6.07, 6.45) is 3.80. The molecule has 1 aliphatic carbocycles. The molecule has 33 heavy (non-hydrogen) atoms. The molecule has 8 nitrogen and oxygen atoms in total. The van der Waals surface area contributed by atoms with E-state index in [1.54, 1.807) is 19.1 Å². The molecule has 5 rings (SSSR count). The number of halogens is 1. The number of nitrogens with zero attached hydrogens (tertiary/aromatic N) is 3. The Morgan fingerprint density at radius 3 is 2.67 bits per heavy atom. The van der Waals surface area contributed by atoms with Gasteiger partial charge in [0.25, 0.3) is 0 Å². The number of nitrogens with one attached hydrogen (secondary N) is 3. The van der Waals surface area contributed by atoms with Crippen LogP contribution in [-0.2, 0) is 4.79 Å². The Hall–Kier alpha value is -3.30. The molecule has 0 radical (unpaired) electrons. The summed E-state index contributed by atoms with van der Waals surface area (Å²) in [5.41, 5.74) is 2.69. The van der Waals surface area contributed by atoms with E-state index in [2.05, 4.69) is 25.8 Å². The summed E-state index contributed by atoms with van der Waals surface area (Å²) in [7, 11) is 0. The maximum atomic E-state index is 12.6. The van der Waals surface area contributed by atoms with Crippen molar-refractivity contribution in [3.05, 3.63) is 59.8 Å². The molecule has 1 aliphatic rings. The molecule has 1 atom stereocenters. The van der Waals surface area contributed by atoms with Gasteiger partial charge in [-0.3, -0.25) is 14.7 Å². The summed E-state index contributed by atoms with van der Waals surface area (Å²) < 4.78 is 1.89. The maximum Gasteiger partial charge on any atom is 0.321 e. The van der Waals surface area contributed by atoms with E-state index in [-0.39, 0.29) is 6.04 Å². The van der Waals surface area contributed by atoms with Crippen LogP contribution in [-0.4, -0.2) is 43.0 Å². The molecule has 3 amide bonds. The zero-order valence-corrected chi connectivity index (χ0v) is 19.3. The van der Waals surface area contributed by atoms with Crippen LogP contribution in [0.25, 0.3) is 28.0 Å². The van der Waals surface area contributed by atoms with Crippen LogP contribution in [0.1, 0.15) is 19.8 Å². The van der Waals surface area contributed by atoms with Crippen molar-refractivity contribution in [2.24, 2.45) is 0 Å². The van der Waals surface area contributed by atoms with Gasteiger partial charge in [0.1, 0.15) is 0 Å². The average Bonchev–Trinajstić information content (AvgIpc) is 3.36. The van der Waals surface area contributed by atoms with Gasteiger partial charge in [0, 0.05) is 39.4 Å². The first-order valence-corrected chi connectivity index (χ1v) is 11.8. The second kappa shape index (κ2) is 8.92. The number of thioether (sulfide) groups is 1. The van der Waals surface area contributed by atoms with E-state index < -0.39 is 17.2 Å². The number of para-hydroxylation sites is 1. The van der Waals surface area contributed by atoms with Gasteiger partial charge in [0.2, 0.25) is 5.91 Å². The number of imide groups is 1. The van der Waals surface area contributed by atoms with Gasteiger partial charge in [-0.2, -0.15) is 0 Å². The predicted molar refractivity (Wildman–Crippen MR) is 129 cm³/mol. The highest BCUT2D eigenvalue weighted by molar-refractivity contribution is 8.00. The molecule has 0 spiro atoms. The van der Waals surface area contributed by atoms with Crippen molar-refractivity contribution in [1.29, 1.82) is 0 Å². The predicted octanol–water partition coefficient (Wildman–Crippen LogP) is 4.54. The number of aromatic nitrogens is 4. The molecule has 2 aromatic carbocycles. The minimum absolute atomic E-state index is 0.174. The second-order valence-electron chi connectivity index (χ2n) is 7.86. The normalized spacial score (nSPS) is 14.2. The van der Waals surface area contributed by atoms with Crippen LogP contribution in [0.5, 0.6) is 0 Å². The van der Waals surface area contributed by atoms with Crippen molar-refractivity contribution in [3.63, 3.8) is 0 Å². The summed E-state index contributed by atoms with van der Waals surface area (Å²) in [4.78, 5) is 27.8. The molecule has 0 aliphatic heterocycles. The molecular weight excluding hydrogens is 460 g/mol. The van der Waals surface area contributed by atoms with Gasteiger partial charge in [0.05, 0.1) is 5.25 Å². The summed E-state index contributed by atoms with van der Waals surface area (Å²) in [5, 5.41) is 15.6. The lowest BCUT2D eigenvalue weighted by molar-refractivity contribution is -0.119. The van der Waals surface area contributed by atoms with E-state index in [1.165, 1.54) is 11.8 Å². The molecule has 1 fully saturated rings. The molecule has 2 heterocycles. The number of carbonyl (C=O) groups is 2. The van der Waals surface area contributed by atoms with E-state index in [9.17, 15) is 9.59 Å². The third-order valence-electron chi connectivity index (χ3n) is 5.35. The number of hydrogen-bond acceptors (Lipinski definition) is 5. The summed E-state index contributed by atoms with van der Waals surface area (Å²) in [6, 6.07) is 15.0. The van der Waals surface area contributed by atoms with E-state index in [4.69, 9.17) is 11.6 Å². The van der Waals surface area contributed by atoms with E-state index in [0.29, 0.717) is 16.0 Å². The minimum atomic E-state index is -0.568. The van der Waals surface area contributed by atoms with Crippen molar-refractivity contribution in [2.75, 3.05) is 0 Å². The first kappa shape index (κ1) is 21.5. The Kier molecular flexibility index (Phi) is 5.82. The zero-order valence-electron chi connectivity index (χ0n) is 17.7. The van der Waals surface area contributed by atoms with Gasteiger partial charge in [0.15, 0.2) is 11.0 Å². The Labute approximate surface area is 199 Å². The second-order valence-corrected chi connectivity index (χ2v) is 9.61. The molecule has 10 heteroatoms. The van der Waals surface area contributed by atoms with Crippen LogP contribution in [0.3, 0.4) is 0 Å². The number of rotatable bonds is 6. The van der Waals surface area contributed by atoms with Crippen molar-refractivity contribution in [2.45, 2.75) is 36.2 Å². The van der Waals surface area contributed by atoms with Crippen LogP contribution < -0.4 is 10.6 Å². The Bertz CT molecular complexity index is 1330. The standard InChI is InChI=1S/C23H21ClN6O2S/c1-13(21(31)27-22(32)26-15-8-9-15)33-23-29-28-20(30(23)16-10-6-14(24)7-11-16)18-12-25-19-5-3-2-4-17(18)19/h2-7,10-13,15,25H,8-9H2,1H3,(H2,26,27,31,32). The van der Waals surface area contributed by atoms with Crippen LogP contribution in [0.2, 0.25) is 5.02 Å². The monoisotopic (exact) mass is 480 g/mol. The van der Waals surface area contributed by atoms with E-state index in [1.807, 2.05) is 47.2 Å². The van der Waals surface area contributed by atoms with Crippen LogP contribution in [0, 0.1) is 0 Å². The first-order chi connectivity index (χ1) is 16.0. The number of hydrogen-bond donors (Lipinski definition) is 3. The fourth-order valence-electron chi connectivity index (χ4n) is 3.47. The van der Waals surface area contributed by atoms with Gasteiger partial charge in [-0.15, -0.1) is 10.2 Å². The molecular formula is C23H21ClN6O2S. The molecule has 0 saturated heterocycles. The highest BCUT2D eigenvalue weighted by atomic mass is 35.5. The molecule has 1 saturated carbocycles. The van der Waals surface area contributed by atoms with Gasteiger partial charge >= 0.3 is 6.03 Å². The minimum Gasteiger partial charge on any atom is -0.360 e. The summed E-state index contributed by atoms with van der Waals surface area (Å²) in [5.74, 6) is 0.244. The molecule has 4 aromatic rings. The number of benzene rings is 2. The topological polar surface area (TPSA) is 105 Å². The van der Waals surface area contributed by atoms with Gasteiger partial charge in [-0.25, -0.2) is 4.79 Å². The van der Waals surface area contributed by atoms with Gasteiger partial charge < -0.3 is 10.3 Å². The van der Waals surface area contributed by atoms with Crippen molar-refractivity contribution < 1.29 is 9.59 Å². The maximum absolute atomic E-state index is 12.6. The highest BCUT2D eigenvalue weighted by Gasteiger charge is 2.27. The van der Waals surface area contributed by atoms with Crippen LogP contribution in [0.15, 0.2) is 59.9 Å². The smallest absolute Gasteiger partial charge is 0.321 e. The molecule has 3 N–H and O–H groups in total. The van der Waals surface area contributed by atoms with Crippen LogP contribution >= 0.6 is 23.4 Å². The average molecular weight is 481 g/mol. The third-order valence-corrected chi connectivity index (χ3v) is 6.64. The highest BCUT2D eigenvalue weighted by Crippen LogP contribution is 2.34. The number of amides is 3. The number of H-pyrrole nitrogens is 1. The summed E-state index contributed by atoms with van der Waals surface area (Å²) in [6.45, 7) is 1.73. The first-order valence-electron chi connectivity index (χ1n) is 10.6. The van der Waals surface area contributed by atoms with Gasteiger partial charge in [-0.1, -0.05) is 41.6 Å². The van der Waals surface area contributed by atoms with Crippen LogP contribution in [0.4, 0.5) is 4.79 Å². The molecule has 1 unspecified atom stereocenters. The summed E-state index contributed by atoms with van der Waals surface area (Å²) >= 11 is 7.33. The fraction of sp³-hybridized carbons (Fsp3) is 0.217. The Morgan fingerprint density at radius 1 is 1.15 bits per heavy atom. The van der Waals surface area contributed by atoms with Crippen molar-refractivity contribution >= 4 is 46.2 Å². The SMILES string of the molecule is CC(Sc1nnc(-c2c[nH]c3ccccc23)n1-c1ccc(Cl)cc1)C(=O)NC(=O)NC1CC1. The fourth-order valence-corrected chi connectivity index (χ4v) is 4.47.